The molecular formula is C22H17N3O3S. The largest absolute Gasteiger partial charge is 0.462 e. The molecule has 0 aromatic heterocycles. The van der Waals surface area contributed by atoms with Crippen LogP contribution in [0.5, 0.6) is 0 Å². The van der Waals surface area contributed by atoms with Crippen molar-refractivity contribution in [3.63, 3.8) is 0 Å². The third kappa shape index (κ3) is 3.60. The maximum absolute atomic E-state index is 12.7. The van der Waals surface area contributed by atoms with Crippen molar-refractivity contribution in [1.29, 1.82) is 0 Å². The number of hydrogen-bond acceptors (Lipinski definition) is 5. The fourth-order valence-electron chi connectivity index (χ4n) is 3.26. The molecule has 1 aliphatic carbocycles. The molecule has 0 fully saturated rings. The Morgan fingerprint density at radius 2 is 1.72 bits per heavy atom. The lowest BCUT2D eigenvalue weighted by molar-refractivity contribution is 0.0526. The van der Waals surface area contributed by atoms with Gasteiger partial charge in [0.2, 0.25) is 5.78 Å². The molecular weight excluding hydrogens is 386 g/mol. The lowest BCUT2D eigenvalue weighted by Gasteiger charge is -2.08. The van der Waals surface area contributed by atoms with Gasteiger partial charge in [-0.1, -0.05) is 36.4 Å². The van der Waals surface area contributed by atoms with Crippen LogP contribution in [0.15, 0.2) is 65.8 Å². The highest BCUT2D eigenvalue weighted by Gasteiger charge is 2.28. The van der Waals surface area contributed by atoms with E-state index < -0.39 is 0 Å². The van der Waals surface area contributed by atoms with E-state index in [1.165, 1.54) is 0 Å². The third-order valence-electron chi connectivity index (χ3n) is 4.54. The molecule has 0 saturated heterocycles. The molecule has 2 N–H and O–H groups in total. The number of hydrogen-bond donors (Lipinski definition) is 2. The Labute approximate surface area is 172 Å². The standard InChI is InChI=1S/C22H17N3O3S/c1-2-28-21(27)14-9-11-15(12-10-14)23-22(29)25-24-19-16-7-3-5-13-6-4-8-17(18(13)16)20(19)26/h3-12H,2H2,1H3,(H2,23,25,29). The molecule has 4 rings (SSSR count). The molecule has 7 heteroatoms. The van der Waals surface area contributed by atoms with Gasteiger partial charge in [-0.3, -0.25) is 10.2 Å². The Kier molecular flexibility index (Phi) is 5.05. The minimum Gasteiger partial charge on any atom is -0.462 e. The van der Waals surface area contributed by atoms with Crippen molar-refractivity contribution in [1.82, 2.24) is 5.43 Å². The van der Waals surface area contributed by atoms with Crippen molar-refractivity contribution in [2.45, 2.75) is 6.92 Å². The summed E-state index contributed by atoms with van der Waals surface area (Å²) in [5, 5.41) is 9.37. The summed E-state index contributed by atoms with van der Waals surface area (Å²) < 4.78 is 4.96. The highest BCUT2D eigenvalue weighted by molar-refractivity contribution is 7.80. The monoisotopic (exact) mass is 403 g/mol. The smallest absolute Gasteiger partial charge is 0.338 e. The highest BCUT2D eigenvalue weighted by atomic mass is 32.1. The summed E-state index contributed by atoms with van der Waals surface area (Å²) in [4.78, 5) is 24.4. The number of ketones is 1. The average Bonchev–Trinajstić information content (AvgIpc) is 3.01. The molecule has 0 atom stereocenters. The van der Waals surface area contributed by atoms with E-state index in [2.05, 4.69) is 15.8 Å². The van der Waals surface area contributed by atoms with Crippen molar-refractivity contribution in [2.75, 3.05) is 11.9 Å². The summed E-state index contributed by atoms with van der Waals surface area (Å²) >= 11 is 5.27. The van der Waals surface area contributed by atoms with Gasteiger partial charge in [0.25, 0.3) is 0 Å². The summed E-state index contributed by atoms with van der Waals surface area (Å²) in [7, 11) is 0. The number of carbonyl (C=O) groups is 2. The summed E-state index contributed by atoms with van der Waals surface area (Å²) in [5.74, 6) is -0.509. The van der Waals surface area contributed by atoms with E-state index in [0.717, 1.165) is 16.3 Å². The van der Waals surface area contributed by atoms with Crippen LogP contribution in [0, 0.1) is 0 Å². The molecule has 3 aromatic carbocycles. The van der Waals surface area contributed by atoms with Crippen LogP contribution < -0.4 is 10.7 Å². The van der Waals surface area contributed by atoms with Gasteiger partial charge < -0.3 is 10.1 Å². The first-order valence-electron chi connectivity index (χ1n) is 9.07. The Balaban J connectivity index is 1.48. The number of hydrazone groups is 1. The lowest BCUT2D eigenvalue weighted by atomic mass is 10.1. The van der Waals surface area contributed by atoms with Crippen LogP contribution >= 0.6 is 12.2 Å². The molecule has 0 heterocycles. The van der Waals surface area contributed by atoms with Gasteiger partial charge in [0.15, 0.2) is 5.11 Å². The highest BCUT2D eigenvalue weighted by Crippen LogP contribution is 2.30. The number of esters is 1. The Morgan fingerprint density at radius 3 is 2.41 bits per heavy atom. The fourth-order valence-corrected chi connectivity index (χ4v) is 3.42. The molecule has 0 bridgehead atoms. The minimum absolute atomic E-state index is 0.133. The van der Waals surface area contributed by atoms with Crippen molar-refractivity contribution >= 4 is 51.3 Å². The van der Waals surface area contributed by atoms with Crippen LogP contribution in [0.3, 0.4) is 0 Å². The molecule has 0 aliphatic heterocycles. The van der Waals surface area contributed by atoms with Gasteiger partial charge in [-0.15, -0.1) is 0 Å². The number of benzene rings is 3. The molecule has 144 valence electrons. The Morgan fingerprint density at radius 1 is 1.03 bits per heavy atom. The molecule has 0 amide bonds. The SMILES string of the molecule is CCOC(=O)c1ccc(NC(=S)NN=C2C(=O)c3cccc4cccc2c34)cc1. The predicted octanol–water partition coefficient (Wildman–Crippen LogP) is 3.90. The molecule has 0 saturated carbocycles. The van der Waals surface area contributed by atoms with E-state index >= 15 is 0 Å². The van der Waals surface area contributed by atoms with Crippen molar-refractivity contribution in [3.05, 3.63) is 77.4 Å². The first-order valence-corrected chi connectivity index (χ1v) is 9.48. The predicted molar refractivity (Wildman–Crippen MR) is 117 cm³/mol. The van der Waals surface area contributed by atoms with E-state index in [-0.39, 0.29) is 16.9 Å². The average molecular weight is 403 g/mol. The van der Waals surface area contributed by atoms with Crippen LogP contribution in [-0.2, 0) is 4.74 Å². The van der Waals surface area contributed by atoms with E-state index in [4.69, 9.17) is 17.0 Å². The van der Waals surface area contributed by atoms with Gasteiger partial charge in [-0.05, 0) is 48.8 Å². The zero-order chi connectivity index (χ0) is 20.4. The molecule has 0 spiro atoms. The zero-order valence-electron chi connectivity index (χ0n) is 15.6. The summed E-state index contributed by atoms with van der Waals surface area (Å²) in [6, 6.07) is 18.1. The summed E-state index contributed by atoms with van der Waals surface area (Å²) in [6.07, 6.45) is 0. The molecule has 3 aromatic rings. The van der Waals surface area contributed by atoms with Gasteiger partial charge in [-0.2, -0.15) is 5.10 Å². The number of carbonyl (C=O) groups excluding carboxylic acids is 2. The number of nitrogens with zero attached hydrogens (tertiary/aromatic N) is 1. The van der Waals surface area contributed by atoms with Crippen molar-refractivity contribution in [2.24, 2.45) is 5.10 Å². The van der Waals surface area contributed by atoms with Gasteiger partial charge in [0.1, 0.15) is 5.71 Å². The lowest BCUT2D eigenvalue weighted by Crippen LogP contribution is -2.26. The van der Waals surface area contributed by atoms with E-state index in [1.54, 1.807) is 37.3 Å². The number of ether oxygens (including phenoxy) is 1. The molecule has 0 unspecified atom stereocenters. The summed E-state index contributed by atoms with van der Waals surface area (Å²) in [5.41, 5.74) is 5.64. The number of anilines is 1. The zero-order valence-corrected chi connectivity index (χ0v) is 16.4. The van der Waals surface area contributed by atoms with Crippen LogP contribution in [0.2, 0.25) is 0 Å². The van der Waals surface area contributed by atoms with E-state index in [9.17, 15) is 9.59 Å². The third-order valence-corrected chi connectivity index (χ3v) is 4.74. The van der Waals surface area contributed by atoms with Crippen LogP contribution in [0.1, 0.15) is 33.2 Å². The van der Waals surface area contributed by atoms with Gasteiger partial charge in [0.05, 0.1) is 12.2 Å². The number of Topliss-reactive ketones (excluding diaryl/α,β-unsaturated/α-hetero) is 1. The first kappa shape index (κ1) is 18.8. The Bertz CT molecular complexity index is 1160. The second-order valence-electron chi connectivity index (χ2n) is 6.36. The minimum atomic E-state index is -0.375. The quantitative estimate of drug-likeness (QED) is 0.391. The van der Waals surface area contributed by atoms with Crippen molar-refractivity contribution < 1.29 is 14.3 Å². The van der Waals surface area contributed by atoms with Crippen molar-refractivity contribution in [3.8, 4) is 0 Å². The second-order valence-corrected chi connectivity index (χ2v) is 6.77. The van der Waals surface area contributed by atoms with E-state index in [0.29, 0.717) is 29.1 Å². The van der Waals surface area contributed by atoms with Gasteiger partial charge in [0, 0.05) is 22.2 Å². The fraction of sp³-hybridized carbons (Fsp3) is 0.0909. The van der Waals surface area contributed by atoms with Crippen LogP contribution in [0.4, 0.5) is 5.69 Å². The second kappa shape index (κ2) is 7.81. The van der Waals surface area contributed by atoms with Crippen LogP contribution in [0.25, 0.3) is 10.8 Å². The Hall–Kier alpha value is -3.58. The molecule has 1 aliphatic rings. The normalized spacial score (nSPS) is 13.6. The molecule has 29 heavy (non-hydrogen) atoms. The molecule has 6 nitrogen and oxygen atoms in total. The maximum atomic E-state index is 12.7. The first-order chi connectivity index (χ1) is 14.1. The topological polar surface area (TPSA) is 79.8 Å². The number of rotatable bonds is 4. The van der Waals surface area contributed by atoms with Gasteiger partial charge >= 0.3 is 5.97 Å². The van der Waals surface area contributed by atoms with Crippen LogP contribution in [-0.4, -0.2) is 29.2 Å². The summed E-state index contributed by atoms with van der Waals surface area (Å²) in [6.45, 7) is 2.08. The van der Waals surface area contributed by atoms with Gasteiger partial charge in [-0.25, -0.2) is 4.79 Å². The number of thiocarbonyl (C=S) groups is 1. The maximum Gasteiger partial charge on any atom is 0.338 e. The molecule has 0 radical (unpaired) electrons. The number of nitrogens with one attached hydrogen (secondary N) is 2. The van der Waals surface area contributed by atoms with E-state index in [1.807, 2.05) is 30.3 Å².